The van der Waals surface area contributed by atoms with Crippen molar-refractivity contribution in [1.29, 1.82) is 0 Å². The van der Waals surface area contributed by atoms with Gasteiger partial charge in [0, 0.05) is 31.4 Å². The SMILES string of the molecule is CNc1nccc(-c2c(-c3ccc(F)cc3)nc3n2[C@H](COc2ncccc2Cl)CC3)n1. The van der Waals surface area contributed by atoms with Crippen LogP contribution >= 0.6 is 11.6 Å². The molecule has 0 fully saturated rings. The predicted molar refractivity (Wildman–Crippen MR) is 120 cm³/mol. The van der Waals surface area contributed by atoms with Gasteiger partial charge in [-0.25, -0.2) is 24.3 Å². The number of fused-ring (bicyclic) bond motifs is 1. The zero-order chi connectivity index (χ0) is 22.1. The average Bonchev–Trinajstić information content (AvgIpc) is 3.38. The van der Waals surface area contributed by atoms with Gasteiger partial charge in [0.2, 0.25) is 11.8 Å². The Kier molecular flexibility index (Phi) is 5.45. The first-order valence-corrected chi connectivity index (χ1v) is 10.6. The van der Waals surface area contributed by atoms with Crippen LogP contribution in [0.3, 0.4) is 0 Å². The first kappa shape index (κ1) is 20.4. The highest BCUT2D eigenvalue weighted by Gasteiger charge is 2.31. The highest BCUT2D eigenvalue weighted by Crippen LogP contribution is 2.39. The molecule has 1 aliphatic rings. The number of nitrogens with zero attached hydrogens (tertiary/aromatic N) is 5. The molecule has 7 nitrogen and oxygen atoms in total. The van der Waals surface area contributed by atoms with Crippen LogP contribution in [0.1, 0.15) is 18.3 Å². The van der Waals surface area contributed by atoms with Crippen LogP contribution in [0.5, 0.6) is 5.88 Å². The van der Waals surface area contributed by atoms with E-state index < -0.39 is 0 Å². The number of halogens is 2. The normalized spacial score (nSPS) is 14.9. The molecule has 1 atom stereocenters. The number of hydrogen-bond acceptors (Lipinski definition) is 6. The maximum absolute atomic E-state index is 13.6. The lowest BCUT2D eigenvalue weighted by molar-refractivity contribution is 0.247. The van der Waals surface area contributed by atoms with Crippen LogP contribution in [0.15, 0.2) is 54.9 Å². The third-order valence-electron chi connectivity index (χ3n) is 5.43. The first-order valence-electron chi connectivity index (χ1n) is 10.3. The predicted octanol–water partition coefficient (Wildman–Crippen LogP) is 4.80. The smallest absolute Gasteiger partial charge is 0.232 e. The Bertz CT molecular complexity index is 1260. The number of pyridine rings is 1. The molecule has 0 saturated carbocycles. The third kappa shape index (κ3) is 3.78. The molecular formula is C23H20ClFN6O. The van der Waals surface area contributed by atoms with Crippen molar-refractivity contribution >= 4 is 17.5 Å². The molecule has 3 aromatic heterocycles. The monoisotopic (exact) mass is 450 g/mol. The lowest BCUT2D eigenvalue weighted by Crippen LogP contribution is -2.16. The number of hydrogen-bond donors (Lipinski definition) is 1. The van der Waals surface area contributed by atoms with Gasteiger partial charge in [0.15, 0.2) is 0 Å². The van der Waals surface area contributed by atoms with E-state index >= 15 is 0 Å². The van der Waals surface area contributed by atoms with E-state index in [1.54, 1.807) is 43.7 Å². The molecule has 1 aliphatic heterocycles. The fraction of sp³-hybridized carbons (Fsp3) is 0.217. The second-order valence-electron chi connectivity index (χ2n) is 7.41. The zero-order valence-electron chi connectivity index (χ0n) is 17.3. The van der Waals surface area contributed by atoms with Gasteiger partial charge in [0.25, 0.3) is 0 Å². The van der Waals surface area contributed by atoms with Gasteiger partial charge >= 0.3 is 0 Å². The highest BCUT2D eigenvalue weighted by atomic mass is 35.5. The summed E-state index contributed by atoms with van der Waals surface area (Å²) in [5.74, 6) is 1.56. The van der Waals surface area contributed by atoms with Gasteiger partial charge in [-0.15, -0.1) is 0 Å². The van der Waals surface area contributed by atoms with Crippen LogP contribution in [0.25, 0.3) is 22.6 Å². The molecular weight excluding hydrogens is 431 g/mol. The Balaban J connectivity index is 1.58. The summed E-state index contributed by atoms with van der Waals surface area (Å²) in [6.07, 6.45) is 5.02. The van der Waals surface area contributed by atoms with Crippen LogP contribution in [0, 0.1) is 5.82 Å². The summed E-state index contributed by atoms with van der Waals surface area (Å²) >= 11 is 6.21. The van der Waals surface area contributed by atoms with Gasteiger partial charge < -0.3 is 14.6 Å². The van der Waals surface area contributed by atoms with Crippen molar-refractivity contribution in [2.75, 3.05) is 19.0 Å². The van der Waals surface area contributed by atoms with Crippen molar-refractivity contribution in [3.05, 3.63) is 71.5 Å². The van der Waals surface area contributed by atoms with Gasteiger partial charge in [-0.2, -0.15) is 0 Å². The van der Waals surface area contributed by atoms with Gasteiger partial charge in [-0.1, -0.05) is 11.6 Å². The van der Waals surface area contributed by atoms with E-state index in [0.717, 1.165) is 41.3 Å². The highest BCUT2D eigenvalue weighted by molar-refractivity contribution is 6.31. The van der Waals surface area contributed by atoms with Crippen molar-refractivity contribution in [1.82, 2.24) is 24.5 Å². The summed E-state index contributed by atoms with van der Waals surface area (Å²) < 4.78 is 21.7. The first-order chi connectivity index (χ1) is 15.6. The van der Waals surface area contributed by atoms with Gasteiger partial charge in [-0.05, 0) is 48.9 Å². The Morgan fingerprint density at radius 1 is 1.12 bits per heavy atom. The molecule has 0 amide bonds. The number of rotatable bonds is 6. The Morgan fingerprint density at radius 3 is 2.75 bits per heavy atom. The van der Waals surface area contributed by atoms with Crippen molar-refractivity contribution in [2.45, 2.75) is 18.9 Å². The van der Waals surface area contributed by atoms with Crippen LogP contribution < -0.4 is 10.1 Å². The van der Waals surface area contributed by atoms with Crippen LogP contribution in [-0.4, -0.2) is 38.2 Å². The minimum absolute atomic E-state index is 0.0211. The largest absolute Gasteiger partial charge is 0.474 e. The number of aromatic nitrogens is 5. The van der Waals surface area contributed by atoms with E-state index in [4.69, 9.17) is 21.3 Å². The zero-order valence-corrected chi connectivity index (χ0v) is 18.1. The summed E-state index contributed by atoms with van der Waals surface area (Å²) in [5, 5.41) is 3.45. The van der Waals surface area contributed by atoms with E-state index in [9.17, 15) is 4.39 Å². The standard InChI is InChI=1S/C23H20ClFN6O/c1-26-23-28-12-10-18(29-23)21-20(14-4-6-15(25)7-5-14)30-19-9-8-16(31(19)21)13-32-22-17(24)3-2-11-27-22/h2-7,10-12,16H,8-9,13H2,1H3,(H,26,28,29)/t16-/m0/s1. The quantitative estimate of drug-likeness (QED) is 0.454. The molecule has 0 bridgehead atoms. The molecule has 0 saturated heterocycles. The molecule has 0 radical (unpaired) electrons. The second-order valence-corrected chi connectivity index (χ2v) is 7.82. The summed E-state index contributed by atoms with van der Waals surface area (Å²) in [7, 11) is 1.77. The molecule has 0 unspecified atom stereocenters. The molecule has 9 heteroatoms. The minimum Gasteiger partial charge on any atom is -0.474 e. The van der Waals surface area contributed by atoms with Crippen molar-refractivity contribution in [2.24, 2.45) is 0 Å². The molecule has 1 N–H and O–H groups in total. The molecule has 1 aromatic carbocycles. The molecule has 0 aliphatic carbocycles. The lowest BCUT2D eigenvalue weighted by atomic mass is 10.1. The van der Waals surface area contributed by atoms with Crippen molar-refractivity contribution < 1.29 is 9.13 Å². The lowest BCUT2D eigenvalue weighted by Gasteiger charge is -2.18. The van der Waals surface area contributed by atoms with Crippen molar-refractivity contribution in [3.63, 3.8) is 0 Å². The van der Waals surface area contributed by atoms with Crippen molar-refractivity contribution in [3.8, 4) is 28.5 Å². The Morgan fingerprint density at radius 2 is 1.97 bits per heavy atom. The third-order valence-corrected chi connectivity index (χ3v) is 5.71. The maximum atomic E-state index is 13.6. The molecule has 4 aromatic rings. The average molecular weight is 451 g/mol. The van der Waals surface area contributed by atoms with Gasteiger partial charge in [0.05, 0.1) is 23.1 Å². The van der Waals surface area contributed by atoms with E-state index in [1.165, 1.54) is 12.1 Å². The van der Waals surface area contributed by atoms with E-state index in [1.807, 2.05) is 6.07 Å². The van der Waals surface area contributed by atoms with Crippen LogP contribution in [-0.2, 0) is 6.42 Å². The second kappa shape index (κ2) is 8.55. The minimum atomic E-state index is -0.292. The summed E-state index contributed by atoms with van der Waals surface area (Å²) in [6.45, 7) is 0.389. The van der Waals surface area contributed by atoms with Crippen LogP contribution in [0.2, 0.25) is 5.02 Å². The number of ether oxygens (including phenoxy) is 1. The topological polar surface area (TPSA) is 77.8 Å². The fourth-order valence-corrected chi connectivity index (χ4v) is 4.12. The van der Waals surface area contributed by atoms with E-state index in [2.05, 4.69) is 24.8 Å². The maximum Gasteiger partial charge on any atom is 0.232 e. The Hall–Kier alpha value is -3.52. The molecule has 4 heterocycles. The summed E-state index contributed by atoms with van der Waals surface area (Å²) in [6, 6.07) is 11.7. The number of nitrogens with one attached hydrogen (secondary N) is 1. The number of imidazole rings is 1. The number of aryl methyl sites for hydroxylation is 1. The Labute approximate surface area is 189 Å². The molecule has 162 valence electrons. The van der Waals surface area contributed by atoms with Crippen LogP contribution in [0.4, 0.5) is 10.3 Å². The molecule has 0 spiro atoms. The van der Waals surface area contributed by atoms with E-state index in [-0.39, 0.29) is 11.9 Å². The molecule has 5 rings (SSSR count). The molecule has 32 heavy (non-hydrogen) atoms. The number of benzene rings is 1. The fourth-order valence-electron chi connectivity index (χ4n) is 3.95. The number of anilines is 1. The van der Waals surface area contributed by atoms with Gasteiger partial charge in [0.1, 0.15) is 23.3 Å². The van der Waals surface area contributed by atoms with E-state index in [0.29, 0.717) is 23.5 Å². The summed E-state index contributed by atoms with van der Waals surface area (Å²) in [5.41, 5.74) is 3.15. The van der Waals surface area contributed by atoms with Gasteiger partial charge in [-0.3, -0.25) is 0 Å². The summed E-state index contributed by atoms with van der Waals surface area (Å²) in [4.78, 5) is 18.0.